The molecular weight excluding hydrogens is 548 g/mol. The van der Waals surface area contributed by atoms with Crippen molar-refractivity contribution in [1.82, 2.24) is 19.7 Å². The Hall–Kier alpha value is -3.41. The van der Waals surface area contributed by atoms with Crippen molar-refractivity contribution < 1.29 is 31.9 Å². The normalized spacial score (nSPS) is 17.6. The first-order valence-electron chi connectivity index (χ1n) is 12.8. The number of benzene rings is 1. The van der Waals surface area contributed by atoms with Gasteiger partial charge in [0.25, 0.3) is 0 Å². The highest BCUT2D eigenvalue weighted by molar-refractivity contribution is 8.00. The third kappa shape index (κ3) is 7.21. The van der Waals surface area contributed by atoms with Gasteiger partial charge in [0.05, 0.1) is 30.0 Å². The van der Waals surface area contributed by atoms with Crippen molar-refractivity contribution in [2.24, 2.45) is 5.92 Å². The molecule has 2 amide bonds. The topological polar surface area (TPSA) is 77.3 Å². The quantitative estimate of drug-likeness (QED) is 0.295. The van der Waals surface area contributed by atoms with Gasteiger partial charge in [0.1, 0.15) is 17.1 Å². The molecule has 214 valence electrons. The van der Waals surface area contributed by atoms with Gasteiger partial charge in [-0.2, -0.15) is 18.3 Å². The van der Waals surface area contributed by atoms with Gasteiger partial charge in [-0.25, -0.2) is 23.8 Å². The fraction of sp³-hybridized carbons (Fsp3) is 0.429. The molecule has 0 aliphatic heterocycles. The number of carbonyl (C=O) groups is 2. The van der Waals surface area contributed by atoms with E-state index in [0.717, 1.165) is 34.9 Å². The molecule has 1 saturated carbocycles. The summed E-state index contributed by atoms with van der Waals surface area (Å²) in [6, 6.07) is 8.18. The summed E-state index contributed by atoms with van der Waals surface area (Å²) >= 11 is 1.48. The summed E-state index contributed by atoms with van der Waals surface area (Å²) in [5.41, 5.74) is -0.556. The zero-order chi connectivity index (χ0) is 29.2. The van der Waals surface area contributed by atoms with Crippen LogP contribution >= 0.6 is 11.8 Å². The molecule has 1 fully saturated rings. The first kappa shape index (κ1) is 29.6. The minimum Gasteiger partial charge on any atom is -0.443 e. The van der Waals surface area contributed by atoms with E-state index in [1.165, 1.54) is 34.6 Å². The van der Waals surface area contributed by atoms with Gasteiger partial charge >= 0.3 is 12.3 Å². The predicted octanol–water partition coefficient (Wildman–Crippen LogP) is 6.96. The molecule has 1 aliphatic rings. The van der Waals surface area contributed by atoms with Crippen LogP contribution in [0.5, 0.6) is 0 Å². The van der Waals surface area contributed by atoms with Crippen LogP contribution in [0.4, 0.5) is 22.4 Å². The average molecular weight is 579 g/mol. The second-order valence-electron chi connectivity index (χ2n) is 10.6. The van der Waals surface area contributed by atoms with E-state index in [2.05, 4.69) is 10.1 Å². The summed E-state index contributed by atoms with van der Waals surface area (Å²) in [6.07, 6.45) is -0.584. The van der Waals surface area contributed by atoms with Gasteiger partial charge in [-0.15, -0.1) is 11.8 Å². The highest BCUT2D eigenvalue weighted by atomic mass is 32.2. The van der Waals surface area contributed by atoms with E-state index in [9.17, 15) is 27.2 Å². The molecule has 0 saturated heterocycles. The molecule has 12 heteroatoms. The maximum absolute atomic E-state index is 13.9. The predicted molar refractivity (Wildman–Crippen MR) is 141 cm³/mol. The van der Waals surface area contributed by atoms with Crippen molar-refractivity contribution in [3.05, 3.63) is 71.6 Å². The summed E-state index contributed by atoms with van der Waals surface area (Å²) in [5.74, 6) is -1.19. The van der Waals surface area contributed by atoms with Crippen molar-refractivity contribution in [1.29, 1.82) is 0 Å². The van der Waals surface area contributed by atoms with Crippen molar-refractivity contribution in [2.45, 2.75) is 75.4 Å². The number of hydrogen-bond donors (Lipinski definition) is 0. The second-order valence-corrected chi connectivity index (χ2v) is 11.9. The molecule has 0 N–H and O–H groups in total. The minimum absolute atomic E-state index is 0.107. The lowest BCUT2D eigenvalue weighted by molar-refractivity contribution is -0.141. The zero-order valence-electron chi connectivity index (χ0n) is 22.5. The highest BCUT2D eigenvalue weighted by Crippen LogP contribution is 2.40. The average Bonchev–Trinajstić information content (AvgIpc) is 3.48. The fourth-order valence-corrected chi connectivity index (χ4v) is 5.77. The Balaban J connectivity index is 1.58. The summed E-state index contributed by atoms with van der Waals surface area (Å²) in [5, 5.41) is 4.26. The van der Waals surface area contributed by atoms with Gasteiger partial charge in [-0.05, 0) is 76.9 Å². The molecule has 0 bridgehead atoms. The van der Waals surface area contributed by atoms with Crippen LogP contribution in [-0.4, -0.2) is 42.5 Å². The van der Waals surface area contributed by atoms with E-state index in [1.54, 1.807) is 46.0 Å². The molecule has 2 heterocycles. The number of aryl methyl sites for hydroxylation is 1. The molecule has 7 nitrogen and oxygen atoms in total. The molecule has 1 aromatic carbocycles. The van der Waals surface area contributed by atoms with Gasteiger partial charge in [0.15, 0.2) is 0 Å². The van der Waals surface area contributed by atoms with E-state index in [0.29, 0.717) is 23.4 Å². The Morgan fingerprint density at radius 3 is 2.40 bits per heavy atom. The third-order valence-electron chi connectivity index (χ3n) is 6.38. The SMILES string of the molecule is Cc1nn(-c2ccc(C(F)(F)F)nc2)cc1CN(C(=O)OC(C)(C)C)C(=O)C1CCCC1Sc1ccc(F)cc1. The molecule has 40 heavy (non-hydrogen) atoms. The first-order valence-corrected chi connectivity index (χ1v) is 13.6. The van der Waals surface area contributed by atoms with Gasteiger partial charge in [-0.3, -0.25) is 4.79 Å². The first-order chi connectivity index (χ1) is 18.7. The summed E-state index contributed by atoms with van der Waals surface area (Å²) in [6.45, 7) is 6.67. The van der Waals surface area contributed by atoms with E-state index in [1.807, 2.05) is 0 Å². The number of hydrogen-bond acceptors (Lipinski definition) is 6. The van der Waals surface area contributed by atoms with E-state index < -0.39 is 29.5 Å². The lowest BCUT2D eigenvalue weighted by Crippen LogP contribution is -2.44. The number of pyridine rings is 1. The number of imide groups is 1. The van der Waals surface area contributed by atoms with Crippen molar-refractivity contribution in [2.75, 3.05) is 0 Å². The maximum atomic E-state index is 13.9. The summed E-state index contributed by atoms with van der Waals surface area (Å²) < 4.78 is 59.0. The smallest absolute Gasteiger partial charge is 0.433 e. The molecule has 0 radical (unpaired) electrons. The van der Waals surface area contributed by atoms with Gasteiger partial charge < -0.3 is 4.74 Å². The van der Waals surface area contributed by atoms with E-state index >= 15 is 0 Å². The number of amides is 2. The fourth-order valence-electron chi connectivity index (χ4n) is 4.43. The number of nitrogens with zero attached hydrogens (tertiary/aromatic N) is 4. The molecule has 0 spiro atoms. The number of halogens is 4. The van der Waals surface area contributed by atoms with Gasteiger partial charge in [-0.1, -0.05) is 6.42 Å². The third-order valence-corrected chi connectivity index (χ3v) is 7.79. The molecule has 3 aromatic rings. The summed E-state index contributed by atoms with van der Waals surface area (Å²) in [4.78, 5) is 32.5. The van der Waals surface area contributed by atoms with Crippen LogP contribution < -0.4 is 0 Å². The van der Waals surface area contributed by atoms with Crippen LogP contribution in [0.3, 0.4) is 0 Å². The van der Waals surface area contributed by atoms with Crippen molar-refractivity contribution in [3.8, 4) is 5.69 Å². The minimum atomic E-state index is -4.56. The number of alkyl halides is 3. The summed E-state index contributed by atoms with van der Waals surface area (Å²) in [7, 11) is 0. The van der Waals surface area contributed by atoms with Crippen LogP contribution in [0.25, 0.3) is 5.69 Å². The molecule has 2 atom stereocenters. The Labute approximate surface area is 233 Å². The maximum Gasteiger partial charge on any atom is 0.433 e. The van der Waals surface area contributed by atoms with Crippen LogP contribution in [0.2, 0.25) is 0 Å². The van der Waals surface area contributed by atoms with E-state index in [4.69, 9.17) is 4.74 Å². The van der Waals surface area contributed by atoms with Crippen molar-refractivity contribution in [3.63, 3.8) is 0 Å². The highest BCUT2D eigenvalue weighted by Gasteiger charge is 2.40. The Bertz CT molecular complexity index is 1350. The van der Waals surface area contributed by atoms with Crippen LogP contribution in [-0.2, 0) is 22.3 Å². The van der Waals surface area contributed by atoms with Crippen LogP contribution in [0.15, 0.2) is 53.7 Å². The monoisotopic (exact) mass is 578 g/mol. The van der Waals surface area contributed by atoms with Gasteiger partial charge in [0.2, 0.25) is 5.91 Å². The van der Waals surface area contributed by atoms with Crippen LogP contribution in [0, 0.1) is 18.7 Å². The molecule has 1 aliphatic carbocycles. The number of ether oxygens (including phenoxy) is 1. The Kier molecular flexibility index (Phi) is 8.57. The Morgan fingerprint density at radius 2 is 1.80 bits per heavy atom. The van der Waals surface area contributed by atoms with Crippen molar-refractivity contribution >= 4 is 23.8 Å². The molecule has 2 aromatic heterocycles. The molecular formula is C28H30F4N4O3S. The lowest BCUT2D eigenvalue weighted by Gasteiger charge is -2.29. The van der Waals surface area contributed by atoms with Crippen LogP contribution in [0.1, 0.15) is 57.0 Å². The number of thioether (sulfide) groups is 1. The van der Waals surface area contributed by atoms with Gasteiger partial charge in [0, 0.05) is 21.9 Å². The number of rotatable bonds is 6. The zero-order valence-corrected chi connectivity index (χ0v) is 23.4. The molecule has 2 unspecified atom stereocenters. The molecule has 4 rings (SSSR count). The standard InChI is InChI=1S/C28H30F4N4O3S/c1-17-18(16-36(34-17)20-10-13-24(33-14-20)28(30,31)32)15-35(26(38)39-27(2,3)4)25(37)22-6-5-7-23(22)40-21-11-8-19(29)9-12-21/h8-14,16,22-23H,5-7,15H2,1-4H3. The number of aromatic nitrogens is 3. The largest absolute Gasteiger partial charge is 0.443 e. The number of carbonyl (C=O) groups excluding carboxylic acids is 2. The lowest BCUT2D eigenvalue weighted by atomic mass is 10.1. The van der Waals surface area contributed by atoms with E-state index in [-0.39, 0.29) is 23.5 Å². The Morgan fingerprint density at radius 1 is 1.10 bits per heavy atom. The second kappa shape index (κ2) is 11.6.